The van der Waals surface area contributed by atoms with Crippen molar-refractivity contribution in [1.82, 2.24) is 5.43 Å². The van der Waals surface area contributed by atoms with Crippen LogP contribution in [0.1, 0.15) is 37.6 Å². The van der Waals surface area contributed by atoms with Crippen LogP contribution >= 0.6 is 0 Å². The summed E-state index contributed by atoms with van der Waals surface area (Å²) >= 11 is 0. The molecule has 0 amide bonds. The van der Waals surface area contributed by atoms with E-state index >= 15 is 0 Å². The van der Waals surface area contributed by atoms with Gasteiger partial charge < -0.3 is 9.15 Å². The van der Waals surface area contributed by atoms with Gasteiger partial charge in [-0.1, -0.05) is 18.2 Å². The van der Waals surface area contributed by atoms with Crippen molar-refractivity contribution < 1.29 is 9.15 Å². The number of furan rings is 1. The SMILES string of the molecule is CC(C)Oc1ccccc1C(CCc1ccco1)NN. The highest BCUT2D eigenvalue weighted by atomic mass is 16.5. The molecule has 1 unspecified atom stereocenters. The third-order valence-corrected chi connectivity index (χ3v) is 3.12. The first-order chi connectivity index (χ1) is 9.70. The van der Waals surface area contributed by atoms with Gasteiger partial charge in [-0.15, -0.1) is 0 Å². The summed E-state index contributed by atoms with van der Waals surface area (Å²) < 4.78 is 11.2. The Hall–Kier alpha value is -1.78. The zero-order valence-electron chi connectivity index (χ0n) is 12.0. The first-order valence-electron chi connectivity index (χ1n) is 6.94. The van der Waals surface area contributed by atoms with Crippen molar-refractivity contribution in [3.63, 3.8) is 0 Å². The molecule has 0 fully saturated rings. The van der Waals surface area contributed by atoms with Crippen LogP contribution in [0.2, 0.25) is 0 Å². The Labute approximate surface area is 119 Å². The van der Waals surface area contributed by atoms with Crippen LogP contribution < -0.4 is 16.0 Å². The Morgan fingerprint density at radius 2 is 2.00 bits per heavy atom. The molecule has 2 rings (SSSR count). The molecule has 4 heteroatoms. The highest BCUT2D eigenvalue weighted by Gasteiger charge is 2.16. The third-order valence-electron chi connectivity index (χ3n) is 3.12. The average Bonchev–Trinajstić information content (AvgIpc) is 2.94. The zero-order valence-corrected chi connectivity index (χ0v) is 12.0. The van der Waals surface area contributed by atoms with Crippen LogP contribution in [0, 0.1) is 0 Å². The van der Waals surface area contributed by atoms with Crippen LogP contribution in [0.3, 0.4) is 0 Å². The van der Waals surface area contributed by atoms with Crippen molar-refractivity contribution in [2.24, 2.45) is 5.84 Å². The van der Waals surface area contributed by atoms with Gasteiger partial charge in [0, 0.05) is 12.0 Å². The topological polar surface area (TPSA) is 60.4 Å². The summed E-state index contributed by atoms with van der Waals surface area (Å²) in [5.41, 5.74) is 3.95. The fraction of sp³-hybridized carbons (Fsp3) is 0.375. The fourth-order valence-corrected chi connectivity index (χ4v) is 2.20. The molecule has 0 aliphatic rings. The van der Waals surface area contributed by atoms with E-state index in [1.165, 1.54) is 0 Å². The van der Waals surface area contributed by atoms with Crippen LogP contribution in [0.4, 0.5) is 0 Å². The van der Waals surface area contributed by atoms with E-state index < -0.39 is 0 Å². The van der Waals surface area contributed by atoms with E-state index in [0.717, 1.165) is 29.9 Å². The summed E-state index contributed by atoms with van der Waals surface area (Å²) in [4.78, 5) is 0. The van der Waals surface area contributed by atoms with Crippen LogP contribution in [-0.4, -0.2) is 6.10 Å². The minimum absolute atomic E-state index is 0.0371. The predicted octanol–water partition coefficient (Wildman–Crippen LogP) is 3.20. The minimum atomic E-state index is 0.0371. The Morgan fingerprint density at radius 3 is 2.65 bits per heavy atom. The lowest BCUT2D eigenvalue weighted by atomic mass is 10.0. The van der Waals surface area contributed by atoms with E-state index in [4.69, 9.17) is 15.0 Å². The number of ether oxygens (including phenoxy) is 1. The lowest BCUT2D eigenvalue weighted by Gasteiger charge is -2.21. The Morgan fingerprint density at radius 1 is 1.20 bits per heavy atom. The van der Waals surface area contributed by atoms with Gasteiger partial charge in [-0.25, -0.2) is 0 Å². The molecule has 0 radical (unpaired) electrons. The maximum Gasteiger partial charge on any atom is 0.124 e. The largest absolute Gasteiger partial charge is 0.491 e. The Balaban J connectivity index is 2.10. The van der Waals surface area contributed by atoms with Gasteiger partial charge in [0.2, 0.25) is 0 Å². The second kappa shape index (κ2) is 7.12. The van der Waals surface area contributed by atoms with Gasteiger partial charge in [0.15, 0.2) is 0 Å². The molecule has 2 aromatic rings. The van der Waals surface area contributed by atoms with E-state index in [1.54, 1.807) is 6.26 Å². The molecule has 20 heavy (non-hydrogen) atoms. The van der Waals surface area contributed by atoms with E-state index in [9.17, 15) is 0 Å². The highest BCUT2D eigenvalue weighted by molar-refractivity contribution is 5.36. The molecular weight excluding hydrogens is 252 g/mol. The number of rotatable bonds is 7. The molecule has 1 heterocycles. The third kappa shape index (κ3) is 3.85. The summed E-state index contributed by atoms with van der Waals surface area (Å²) in [6, 6.07) is 11.9. The predicted molar refractivity (Wildman–Crippen MR) is 79.3 cm³/mol. The van der Waals surface area contributed by atoms with E-state index in [-0.39, 0.29) is 12.1 Å². The lowest BCUT2D eigenvalue weighted by molar-refractivity contribution is 0.237. The standard InChI is InChI=1S/C16H22N2O2/c1-12(2)20-16-8-4-3-7-14(16)15(18-17)10-9-13-6-5-11-19-13/h3-8,11-12,15,18H,9-10,17H2,1-2H3. The Kier molecular flexibility index (Phi) is 5.21. The maximum atomic E-state index is 5.85. The maximum absolute atomic E-state index is 5.85. The number of para-hydroxylation sites is 1. The second-order valence-electron chi connectivity index (χ2n) is 5.04. The molecule has 1 aromatic carbocycles. The molecule has 4 nitrogen and oxygen atoms in total. The van der Waals surface area contributed by atoms with Gasteiger partial charge in [-0.2, -0.15) is 0 Å². The Bertz CT molecular complexity index is 509. The van der Waals surface area contributed by atoms with Crippen molar-refractivity contribution in [2.45, 2.75) is 38.8 Å². The molecule has 0 aliphatic carbocycles. The molecule has 0 spiro atoms. The van der Waals surface area contributed by atoms with Crippen LogP contribution in [0.25, 0.3) is 0 Å². The van der Waals surface area contributed by atoms with Crippen LogP contribution in [0.15, 0.2) is 47.1 Å². The number of hydrazine groups is 1. The van der Waals surface area contributed by atoms with Crippen molar-refractivity contribution in [2.75, 3.05) is 0 Å². The van der Waals surface area contributed by atoms with Crippen molar-refractivity contribution in [3.05, 3.63) is 54.0 Å². The molecule has 0 saturated carbocycles. The van der Waals surface area contributed by atoms with Crippen molar-refractivity contribution in [1.29, 1.82) is 0 Å². The summed E-state index contributed by atoms with van der Waals surface area (Å²) in [5.74, 6) is 7.55. The van der Waals surface area contributed by atoms with Crippen LogP contribution in [0.5, 0.6) is 5.75 Å². The molecule has 0 aliphatic heterocycles. The fourth-order valence-electron chi connectivity index (χ4n) is 2.20. The van der Waals surface area contributed by atoms with Gasteiger partial charge in [0.25, 0.3) is 0 Å². The molecule has 3 N–H and O–H groups in total. The minimum Gasteiger partial charge on any atom is -0.491 e. The number of hydrogen-bond donors (Lipinski definition) is 2. The van der Waals surface area contributed by atoms with Gasteiger partial charge in [-0.05, 0) is 38.5 Å². The quantitative estimate of drug-likeness (QED) is 0.601. The van der Waals surface area contributed by atoms with E-state index in [1.807, 2.05) is 50.2 Å². The normalized spacial score (nSPS) is 12.6. The van der Waals surface area contributed by atoms with E-state index in [2.05, 4.69) is 5.43 Å². The molecule has 0 bridgehead atoms. The average molecular weight is 274 g/mol. The van der Waals surface area contributed by atoms with Gasteiger partial charge >= 0.3 is 0 Å². The molecule has 1 atom stereocenters. The molecule has 0 saturated heterocycles. The van der Waals surface area contributed by atoms with Crippen molar-refractivity contribution in [3.8, 4) is 5.75 Å². The lowest BCUT2D eigenvalue weighted by Crippen LogP contribution is -2.29. The monoisotopic (exact) mass is 274 g/mol. The van der Waals surface area contributed by atoms with Crippen molar-refractivity contribution >= 4 is 0 Å². The zero-order chi connectivity index (χ0) is 14.4. The summed E-state index contributed by atoms with van der Waals surface area (Å²) in [5, 5.41) is 0. The molecule has 108 valence electrons. The summed E-state index contributed by atoms with van der Waals surface area (Å²) in [6.45, 7) is 4.04. The number of hydrogen-bond acceptors (Lipinski definition) is 4. The first-order valence-corrected chi connectivity index (χ1v) is 6.94. The highest BCUT2D eigenvalue weighted by Crippen LogP contribution is 2.28. The summed E-state index contributed by atoms with van der Waals surface area (Å²) in [6.07, 6.45) is 3.51. The van der Waals surface area contributed by atoms with Crippen LogP contribution in [-0.2, 0) is 6.42 Å². The number of aryl methyl sites for hydroxylation is 1. The summed E-state index contributed by atoms with van der Waals surface area (Å²) in [7, 11) is 0. The number of nitrogens with two attached hydrogens (primary N) is 1. The van der Waals surface area contributed by atoms with Gasteiger partial charge in [-0.3, -0.25) is 11.3 Å². The van der Waals surface area contributed by atoms with Gasteiger partial charge in [0.1, 0.15) is 11.5 Å². The number of nitrogens with one attached hydrogen (secondary N) is 1. The smallest absolute Gasteiger partial charge is 0.124 e. The first kappa shape index (κ1) is 14.6. The number of benzene rings is 1. The molecule has 1 aromatic heterocycles. The van der Waals surface area contributed by atoms with Gasteiger partial charge in [0.05, 0.1) is 18.4 Å². The van der Waals surface area contributed by atoms with E-state index in [0.29, 0.717) is 0 Å². The molecular formula is C16H22N2O2. The second-order valence-corrected chi connectivity index (χ2v) is 5.04.